The molecule has 1 N–H and O–H groups in total. The molecule has 160 valence electrons. The number of carbonyl (C=O) groups excluding carboxylic acids is 1. The summed E-state index contributed by atoms with van der Waals surface area (Å²) >= 11 is 1.27. The fourth-order valence-electron chi connectivity index (χ4n) is 3.08. The van der Waals surface area contributed by atoms with Gasteiger partial charge in [-0.05, 0) is 31.2 Å². The van der Waals surface area contributed by atoms with E-state index in [1.807, 2.05) is 67.6 Å². The molecule has 0 spiro atoms. The first-order valence-corrected chi connectivity index (χ1v) is 11.0. The summed E-state index contributed by atoms with van der Waals surface area (Å²) in [5.74, 6) is 0.592. The molecule has 1 amide bonds. The Morgan fingerprint density at radius 1 is 0.844 bits per heavy atom. The molecule has 4 rings (SSSR count). The third kappa shape index (κ3) is 5.12. The van der Waals surface area contributed by atoms with Gasteiger partial charge in [0.25, 0.3) is 0 Å². The topological polar surface area (TPSA) is 77.0 Å². The van der Waals surface area contributed by atoms with Crippen LogP contribution in [-0.2, 0) is 4.79 Å². The Balaban J connectivity index is 1.56. The number of rotatable bonds is 7. The highest BCUT2D eigenvalue weighted by Gasteiger charge is 2.19. The molecule has 4 aromatic rings. The second kappa shape index (κ2) is 10.1. The van der Waals surface area contributed by atoms with Gasteiger partial charge in [0.1, 0.15) is 17.1 Å². The van der Waals surface area contributed by atoms with E-state index in [-0.39, 0.29) is 5.91 Å². The number of anilines is 1. The molecule has 7 heteroatoms. The number of benzene rings is 3. The fourth-order valence-corrected chi connectivity index (χ4v) is 3.79. The minimum absolute atomic E-state index is 0.142. The molecule has 0 radical (unpaired) electrons. The molecule has 1 unspecified atom stereocenters. The average Bonchev–Trinajstić information content (AvgIpc) is 2.85. The largest absolute Gasteiger partial charge is 0.497 e. The van der Waals surface area contributed by atoms with Gasteiger partial charge in [-0.1, -0.05) is 72.4 Å². The first kappa shape index (κ1) is 21.5. The summed E-state index contributed by atoms with van der Waals surface area (Å²) in [5.41, 5.74) is 4.02. The van der Waals surface area contributed by atoms with Crippen molar-refractivity contribution in [1.29, 1.82) is 0 Å². The van der Waals surface area contributed by atoms with E-state index >= 15 is 0 Å². The molecule has 0 aliphatic rings. The van der Waals surface area contributed by atoms with E-state index in [1.165, 1.54) is 11.8 Å². The van der Waals surface area contributed by atoms with Crippen molar-refractivity contribution in [1.82, 2.24) is 15.2 Å². The van der Waals surface area contributed by atoms with E-state index in [4.69, 9.17) is 9.72 Å². The lowest BCUT2D eigenvalue weighted by molar-refractivity contribution is -0.115. The molecule has 0 aliphatic carbocycles. The van der Waals surface area contributed by atoms with Crippen molar-refractivity contribution in [2.24, 2.45) is 0 Å². The van der Waals surface area contributed by atoms with E-state index < -0.39 is 5.25 Å². The number of hydrogen-bond donors (Lipinski definition) is 1. The van der Waals surface area contributed by atoms with Crippen molar-refractivity contribution < 1.29 is 9.53 Å². The van der Waals surface area contributed by atoms with Crippen LogP contribution in [0, 0.1) is 0 Å². The maximum absolute atomic E-state index is 12.7. The van der Waals surface area contributed by atoms with E-state index in [9.17, 15) is 4.79 Å². The van der Waals surface area contributed by atoms with Gasteiger partial charge in [0.05, 0.1) is 12.4 Å². The first-order valence-electron chi connectivity index (χ1n) is 10.1. The molecule has 6 nitrogen and oxygen atoms in total. The Morgan fingerprint density at radius 2 is 1.44 bits per heavy atom. The molecule has 0 fully saturated rings. The number of thioether (sulfide) groups is 1. The summed E-state index contributed by atoms with van der Waals surface area (Å²) in [6.07, 6.45) is 0. The molecule has 0 bridgehead atoms. The van der Waals surface area contributed by atoms with Crippen LogP contribution in [0.5, 0.6) is 5.75 Å². The number of nitrogens with zero attached hydrogens (tertiary/aromatic N) is 3. The van der Waals surface area contributed by atoms with Gasteiger partial charge in [-0.15, -0.1) is 10.2 Å². The van der Waals surface area contributed by atoms with Crippen LogP contribution < -0.4 is 10.1 Å². The fraction of sp³-hybridized carbons (Fsp3) is 0.120. The lowest BCUT2D eigenvalue weighted by Crippen LogP contribution is -2.22. The third-order valence-corrected chi connectivity index (χ3v) is 5.72. The van der Waals surface area contributed by atoms with Crippen LogP contribution in [-0.4, -0.2) is 33.4 Å². The van der Waals surface area contributed by atoms with Crippen LogP contribution >= 0.6 is 11.8 Å². The van der Waals surface area contributed by atoms with Crippen LogP contribution in [0.15, 0.2) is 90.1 Å². The zero-order valence-corrected chi connectivity index (χ0v) is 18.5. The van der Waals surface area contributed by atoms with Crippen LogP contribution in [0.2, 0.25) is 0 Å². The van der Waals surface area contributed by atoms with Crippen LogP contribution in [0.4, 0.5) is 5.69 Å². The molecule has 0 saturated heterocycles. The minimum atomic E-state index is -0.412. The van der Waals surface area contributed by atoms with Crippen molar-refractivity contribution in [3.05, 3.63) is 84.9 Å². The van der Waals surface area contributed by atoms with Crippen LogP contribution in [0.3, 0.4) is 0 Å². The summed E-state index contributed by atoms with van der Waals surface area (Å²) < 4.78 is 5.15. The van der Waals surface area contributed by atoms with E-state index in [0.717, 1.165) is 22.6 Å². The van der Waals surface area contributed by atoms with Gasteiger partial charge in [0.15, 0.2) is 0 Å². The van der Waals surface area contributed by atoms with Crippen molar-refractivity contribution in [3.63, 3.8) is 0 Å². The summed E-state index contributed by atoms with van der Waals surface area (Å²) in [4.78, 5) is 17.4. The van der Waals surface area contributed by atoms with E-state index in [2.05, 4.69) is 15.5 Å². The SMILES string of the molecule is COc1ccc(NC(=O)C(C)Sc2nnc(-c3ccccc3)c(-c3ccccc3)n2)cc1. The molecule has 1 aromatic heterocycles. The Bertz CT molecular complexity index is 1190. The van der Waals surface area contributed by atoms with Gasteiger partial charge < -0.3 is 10.1 Å². The Labute approximate surface area is 191 Å². The van der Waals surface area contributed by atoms with Crippen LogP contribution in [0.25, 0.3) is 22.5 Å². The van der Waals surface area contributed by atoms with Gasteiger partial charge in [0.2, 0.25) is 11.1 Å². The molecule has 3 aromatic carbocycles. The Morgan fingerprint density at radius 3 is 2.03 bits per heavy atom. The monoisotopic (exact) mass is 442 g/mol. The quantitative estimate of drug-likeness (QED) is 0.390. The predicted octanol–water partition coefficient (Wildman–Crippen LogP) is 5.33. The second-order valence-corrected chi connectivity index (χ2v) is 8.31. The zero-order valence-electron chi connectivity index (χ0n) is 17.7. The maximum atomic E-state index is 12.7. The van der Waals surface area contributed by atoms with Crippen molar-refractivity contribution in [3.8, 4) is 28.3 Å². The van der Waals surface area contributed by atoms with E-state index in [0.29, 0.717) is 16.5 Å². The molecular weight excluding hydrogens is 420 g/mol. The molecule has 0 aliphatic heterocycles. The normalized spacial score (nSPS) is 11.6. The highest BCUT2D eigenvalue weighted by Crippen LogP contribution is 2.30. The molecule has 32 heavy (non-hydrogen) atoms. The summed E-state index contributed by atoms with van der Waals surface area (Å²) in [5, 5.41) is 11.7. The zero-order chi connectivity index (χ0) is 22.3. The van der Waals surface area contributed by atoms with Gasteiger partial charge >= 0.3 is 0 Å². The number of amides is 1. The second-order valence-electron chi connectivity index (χ2n) is 7.00. The van der Waals surface area contributed by atoms with Crippen molar-refractivity contribution in [2.75, 3.05) is 12.4 Å². The van der Waals surface area contributed by atoms with E-state index in [1.54, 1.807) is 31.4 Å². The van der Waals surface area contributed by atoms with Crippen molar-refractivity contribution in [2.45, 2.75) is 17.3 Å². The van der Waals surface area contributed by atoms with Gasteiger partial charge in [-0.2, -0.15) is 0 Å². The molecular formula is C25H22N4O2S. The number of nitrogens with one attached hydrogen (secondary N) is 1. The first-order chi connectivity index (χ1) is 15.6. The predicted molar refractivity (Wildman–Crippen MR) is 128 cm³/mol. The van der Waals surface area contributed by atoms with Gasteiger partial charge in [0, 0.05) is 16.8 Å². The lowest BCUT2D eigenvalue weighted by Gasteiger charge is -2.13. The molecule has 0 saturated carbocycles. The Kier molecular flexibility index (Phi) is 6.77. The number of hydrogen-bond acceptors (Lipinski definition) is 6. The highest BCUT2D eigenvalue weighted by atomic mass is 32.2. The minimum Gasteiger partial charge on any atom is -0.497 e. The third-order valence-electron chi connectivity index (χ3n) is 4.77. The number of carbonyl (C=O) groups is 1. The summed E-state index contributed by atoms with van der Waals surface area (Å²) in [6, 6.07) is 26.9. The number of methoxy groups -OCH3 is 1. The molecule has 1 atom stereocenters. The maximum Gasteiger partial charge on any atom is 0.237 e. The smallest absolute Gasteiger partial charge is 0.237 e. The highest BCUT2D eigenvalue weighted by molar-refractivity contribution is 8.00. The summed E-state index contributed by atoms with van der Waals surface area (Å²) in [7, 11) is 1.60. The van der Waals surface area contributed by atoms with Crippen molar-refractivity contribution >= 4 is 23.4 Å². The summed E-state index contributed by atoms with van der Waals surface area (Å²) in [6.45, 7) is 1.82. The van der Waals surface area contributed by atoms with Gasteiger partial charge in [-0.3, -0.25) is 4.79 Å². The average molecular weight is 443 g/mol. The lowest BCUT2D eigenvalue weighted by atomic mass is 10.0. The van der Waals surface area contributed by atoms with Gasteiger partial charge in [-0.25, -0.2) is 4.98 Å². The number of ether oxygens (including phenoxy) is 1. The number of aromatic nitrogens is 3. The van der Waals surface area contributed by atoms with Crippen LogP contribution in [0.1, 0.15) is 6.92 Å². The standard InChI is InChI=1S/C25H22N4O2S/c1-17(24(30)26-20-13-15-21(31-2)16-14-20)32-25-27-22(18-9-5-3-6-10-18)23(28-29-25)19-11-7-4-8-12-19/h3-17H,1-2H3,(H,26,30). The Hall–Kier alpha value is -3.71. The molecule has 1 heterocycles.